The first-order valence-corrected chi connectivity index (χ1v) is 8.70. The van der Waals surface area contributed by atoms with Crippen LogP contribution in [-0.4, -0.2) is 50.1 Å². The van der Waals surface area contributed by atoms with E-state index in [-0.39, 0.29) is 28.9 Å². The number of hydrogen-bond donors (Lipinski definition) is 1. The summed E-state index contributed by atoms with van der Waals surface area (Å²) in [6, 6.07) is 4.02. The van der Waals surface area contributed by atoms with Crippen LogP contribution in [-0.2, 0) is 4.79 Å². The summed E-state index contributed by atoms with van der Waals surface area (Å²) < 4.78 is 34.0. The Kier molecular flexibility index (Phi) is 7.62. The Bertz CT molecular complexity index is 625. The van der Waals surface area contributed by atoms with Gasteiger partial charge in [-0.3, -0.25) is 9.59 Å². The number of carbonyl (C=O) groups is 2. The predicted molar refractivity (Wildman–Crippen MR) is 91.6 cm³/mol. The third kappa shape index (κ3) is 5.86. The fourth-order valence-electron chi connectivity index (χ4n) is 2.85. The SMILES string of the molecule is COc1cc(C(=O)NCCCN2CCCCCC2=O)ccc1OC(F)F. The predicted octanol–water partition coefficient (Wildman–Crippen LogP) is 2.82. The maximum absolute atomic E-state index is 12.3. The number of carbonyl (C=O) groups excluding carboxylic acids is 2. The van der Waals surface area contributed by atoms with Gasteiger partial charge in [0.05, 0.1) is 7.11 Å². The highest BCUT2D eigenvalue weighted by Crippen LogP contribution is 2.29. The van der Waals surface area contributed by atoms with Gasteiger partial charge in [-0.2, -0.15) is 8.78 Å². The molecule has 0 spiro atoms. The highest BCUT2D eigenvalue weighted by atomic mass is 19.3. The molecule has 1 saturated heterocycles. The second-order valence-electron chi connectivity index (χ2n) is 6.05. The van der Waals surface area contributed by atoms with Crippen LogP contribution in [0.2, 0.25) is 0 Å². The monoisotopic (exact) mass is 370 g/mol. The molecule has 144 valence electrons. The standard InChI is InChI=1S/C18H24F2N2O4/c1-25-15-12-13(7-8-14(15)26-18(19)20)17(24)21-9-5-11-22-10-4-2-3-6-16(22)23/h7-8,12,18H,2-6,9-11H2,1H3,(H,21,24). The van der Waals surface area contributed by atoms with E-state index in [0.717, 1.165) is 25.8 Å². The summed E-state index contributed by atoms with van der Waals surface area (Å²) in [6.07, 6.45) is 4.29. The minimum Gasteiger partial charge on any atom is -0.493 e. The number of nitrogens with zero attached hydrogens (tertiary/aromatic N) is 1. The number of rotatable bonds is 8. The topological polar surface area (TPSA) is 67.9 Å². The van der Waals surface area contributed by atoms with Crippen molar-refractivity contribution in [1.29, 1.82) is 0 Å². The van der Waals surface area contributed by atoms with Crippen LogP contribution >= 0.6 is 0 Å². The first-order chi connectivity index (χ1) is 12.5. The number of likely N-dealkylation sites (tertiary alicyclic amines) is 1. The van der Waals surface area contributed by atoms with E-state index in [1.54, 1.807) is 0 Å². The summed E-state index contributed by atoms with van der Waals surface area (Å²) in [7, 11) is 1.31. The van der Waals surface area contributed by atoms with Crippen molar-refractivity contribution >= 4 is 11.8 Å². The van der Waals surface area contributed by atoms with E-state index in [9.17, 15) is 18.4 Å². The molecular formula is C18H24F2N2O4. The average molecular weight is 370 g/mol. The first kappa shape index (κ1) is 19.9. The van der Waals surface area contributed by atoms with Gasteiger partial charge in [0.25, 0.3) is 5.91 Å². The van der Waals surface area contributed by atoms with Gasteiger partial charge in [-0.25, -0.2) is 0 Å². The summed E-state index contributed by atoms with van der Waals surface area (Å²) in [4.78, 5) is 25.9. The Morgan fingerprint density at radius 3 is 2.81 bits per heavy atom. The van der Waals surface area contributed by atoms with Gasteiger partial charge >= 0.3 is 6.61 Å². The lowest BCUT2D eigenvalue weighted by atomic mass is 10.2. The molecule has 1 fully saturated rings. The highest BCUT2D eigenvalue weighted by molar-refractivity contribution is 5.94. The molecule has 1 aliphatic heterocycles. The quantitative estimate of drug-likeness (QED) is 0.715. The third-order valence-electron chi connectivity index (χ3n) is 4.20. The van der Waals surface area contributed by atoms with Crippen molar-refractivity contribution in [2.24, 2.45) is 0 Å². The molecule has 8 heteroatoms. The van der Waals surface area contributed by atoms with Gasteiger partial charge in [0, 0.05) is 31.6 Å². The summed E-state index contributed by atoms with van der Waals surface area (Å²) in [6.45, 7) is -1.16. The number of amides is 2. The molecule has 2 amide bonds. The molecule has 1 aliphatic rings. The molecule has 0 saturated carbocycles. The average Bonchev–Trinajstić information content (AvgIpc) is 2.82. The van der Waals surface area contributed by atoms with E-state index in [2.05, 4.69) is 10.1 Å². The number of halogens is 2. The van der Waals surface area contributed by atoms with E-state index in [1.165, 1.54) is 25.3 Å². The fraction of sp³-hybridized carbons (Fsp3) is 0.556. The van der Waals surface area contributed by atoms with E-state index in [1.807, 2.05) is 4.90 Å². The van der Waals surface area contributed by atoms with Crippen molar-refractivity contribution in [1.82, 2.24) is 10.2 Å². The second kappa shape index (κ2) is 9.94. The largest absolute Gasteiger partial charge is 0.493 e. The summed E-state index contributed by atoms with van der Waals surface area (Å²) in [5.74, 6) is -0.228. The van der Waals surface area contributed by atoms with Gasteiger partial charge in [-0.15, -0.1) is 0 Å². The number of alkyl halides is 2. The van der Waals surface area contributed by atoms with Crippen LogP contribution in [0.1, 0.15) is 42.5 Å². The number of methoxy groups -OCH3 is 1. The number of ether oxygens (including phenoxy) is 2. The van der Waals surface area contributed by atoms with E-state index in [0.29, 0.717) is 25.9 Å². The molecule has 0 bridgehead atoms. The van der Waals surface area contributed by atoms with Gasteiger partial charge in [0.2, 0.25) is 5.91 Å². The molecule has 0 atom stereocenters. The van der Waals surface area contributed by atoms with Gasteiger partial charge in [0.15, 0.2) is 11.5 Å². The summed E-state index contributed by atoms with van der Waals surface area (Å²) >= 11 is 0. The second-order valence-corrected chi connectivity index (χ2v) is 6.05. The molecule has 0 aliphatic carbocycles. The van der Waals surface area contributed by atoms with Crippen molar-refractivity contribution < 1.29 is 27.8 Å². The van der Waals surface area contributed by atoms with E-state index in [4.69, 9.17) is 4.74 Å². The summed E-state index contributed by atoms with van der Waals surface area (Å²) in [5.41, 5.74) is 0.286. The number of hydrogen-bond acceptors (Lipinski definition) is 4. The molecular weight excluding hydrogens is 346 g/mol. The van der Waals surface area contributed by atoms with Crippen molar-refractivity contribution in [3.63, 3.8) is 0 Å². The zero-order valence-corrected chi connectivity index (χ0v) is 14.8. The zero-order chi connectivity index (χ0) is 18.9. The molecule has 2 rings (SSSR count). The van der Waals surface area contributed by atoms with Crippen LogP contribution in [0.25, 0.3) is 0 Å². The van der Waals surface area contributed by atoms with Crippen molar-refractivity contribution in [3.8, 4) is 11.5 Å². The van der Waals surface area contributed by atoms with Crippen LogP contribution in [0.4, 0.5) is 8.78 Å². The Labute approximate surface area is 151 Å². The maximum atomic E-state index is 12.3. The van der Waals surface area contributed by atoms with Gasteiger partial charge < -0.3 is 19.7 Å². The van der Waals surface area contributed by atoms with E-state index >= 15 is 0 Å². The fourth-order valence-corrected chi connectivity index (χ4v) is 2.85. The Morgan fingerprint density at radius 1 is 1.27 bits per heavy atom. The Balaban J connectivity index is 1.82. The number of benzene rings is 1. The van der Waals surface area contributed by atoms with Crippen LogP contribution in [0, 0.1) is 0 Å². The van der Waals surface area contributed by atoms with Crippen LogP contribution in [0.15, 0.2) is 18.2 Å². The minimum absolute atomic E-state index is 0.0631. The number of nitrogens with one attached hydrogen (secondary N) is 1. The third-order valence-corrected chi connectivity index (χ3v) is 4.20. The van der Waals surface area contributed by atoms with Crippen LogP contribution in [0.5, 0.6) is 11.5 Å². The molecule has 26 heavy (non-hydrogen) atoms. The van der Waals surface area contributed by atoms with E-state index < -0.39 is 6.61 Å². The van der Waals surface area contributed by atoms with Gasteiger partial charge in [0.1, 0.15) is 0 Å². The van der Waals surface area contributed by atoms with Gasteiger partial charge in [-0.05, 0) is 37.5 Å². The zero-order valence-electron chi connectivity index (χ0n) is 14.8. The molecule has 0 radical (unpaired) electrons. The molecule has 1 N–H and O–H groups in total. The first-order valence-electron chi connectivity index (χ1n) is 8.70. The van der Waals surface area contributed by atoms with Crippen LogP contribution < -0.4 is 14.8 Å². The lowest BCUT2D eigenvalue weighted by molar-refractivity contribution is -0.130. The molecule has 1 heterocycles. The van der Waals surface area contributed by atoms with Crippen molar-refractivity contribution in [2.45, 2.75) is 38.7 Å². The van der Waals surface area contributed by atoms with Crippen molar-refractivity contribution in [3.05, 3.63) is 23.8 Å². The summed E-state index contributed by atoms with van der Waals surface area (Å²) in [5, 5.41) is 2.76. The van der Waals surface area contributed by atoms with Gasteiger partial charge in [-0.1, -0.05) is 6.42 Å². The Morgan fingerprint density at radius 2 is 2.08 bits per heavy atom. The minimum atomic E-state index is -2.97. The molecule has 0 aromatic heterocycles. The normalized spacial score (nSPS) is 14.9. The molecule has 1 aromatic rings. The highest BCUT2D eigenvalue weighted by Gasteiger charge is 2.16. The molecule has 0 unspecified atom stereocenters. The lowest BCUT2D eigenvalue weighted by Crippen LogP contribution is -2.34. The Hall–Kier alpha value is -2.38. The van der Waals surface area contributed by atoms with Crippen molar-refractivity contribution in [2.75, 3.05) is 26.7 Å². The molecule has 1 aromatic carbocycles. The molecule has 6 nitrogen and oxygen atoms in total. The van der Waals surface area contributed by atoms with Crippen LogP contribution in [0.3, 0.4) is 0 Å². The maximum Gasteiger partial charge on any atom is 0.387 e. The smallest absolute Gasteiger partial charge is 0.387 e. The lowest BCUT2D eigenvalue weighted by Gasteiger charge is -2.20.